The Bertz CT molecular complexity index is 1640. The Labute approximate surface area is 243 Å². The number of unbranched alkanes of at least 4 members (excludes halogenated alkanes) is 1. The Morgan fingerprint density at radius 2 is 1.67 bits per heavy atom. The van der Waals surface area contributed by atoms with Crippen molar-refractivity contribution in [2.45, 2.75) is 36.1 Å². The average molecular weight is 592 g/mol. The lowest BCUT2D eigenvalue weighted by Crippen LogP contribution is -2.65. The van der Waals surface area contributed by atoms with Gasteiger partial charge in [-0.3, -0.25) is 25.8 Å². The Balaban J connectivity index is 1.37. The van der Waals surface area contributed by atoms with Crippen molar-refractivity contribution in [1.29, 1.82) is 0 Å². The first-order chi connectivity index (χ1) is 20.3. The highest BCUT2D eigenvalue weighted by molar-refractivity contribution is 7.89. The summed E-state index contributed by atoms with van der Waals surface area (Å²) in [6, 6.07) is 20.3. The van der Waals surface area contributed by atoms with E-state index in [1.165, 1.54) is 18.2 Å². The van der Waals surface area contributed by atoms with Gasteiger partial charge < -0.3 is 10.4 Å². The van der Waals surface area contributed by atoms with E-state index < -0.39 is 27.6 Å². The van der Waals surface area contributed by atoms with Crippen LogP contribution in [0.25, 0.3) is 22.0 Å². The summed E-state index contributed by atoms with van der Waals surface area (Å²) in [5.41, 5.74) is 0.285. The van der Waals surface area contributed by atoms with E-state index in [-0.39, 0.29) is 23.2 Å². The molecule has 1 aromatic heterocycles. The average Bonchev–Trinajstić information content (AvgIpc) is 3.69. The Kier molecular flexibility index (Phi) is 8.94. The number of carboxylic acids is 1. The van der Waals surface area contributed by atoms with Gasteiger partial charge in [-0.2, -0.15) is 9.82 Å². The molecule has 1 atom stereocenters. The van der Waals surface area contributed by atoms with Gasteiger partial charge in [-0.05, 0) is 67.3 Å². The SMILES string of the molecule is O=C(NC(CCCCNC1NCCN1)(NS(=O)(=O)c1ccc(-c2ccccc2)cc1)C(=O)O)c1ccc2[nH]ncc2c1. The maximum atomic E-state index is 13.6. The molecule has 220 valence electrons. The molecule has 0 radical (unpaired) electrons. The van der Waals surface area contributed by atoms with E-state index in [4.69, 9.17) is 0 Å². The van der Waals surface area contributed by atoms with Crippen LogP contribution < -0.4 is 26.0 Å². The van der Waals surface area contributed by atoms with Crippen LogP contribution in [0.5, 0.6) is 0 Å². The monoisotopic (exact) mass is 591 g/mol. The number of carboxylic acid groups (broad SMARTS) is 1. The predicted molar refractivity (Wildman–Crippen MR) is 158 cm³/mol. The molecule has 0 saturated carbocycles. The van der Waals surface area contributed by atoms with E-state index in [1.807, 2.05) is 30.3 Å². The molecule has 42 heavy (non-hydrogen) atoms. The molecule has 1 aliphatic rings. The summed E-state index contributed by atoms with van der Waals surface area (Å²) < 4.78 is 29.4. The molecule has 0 spiro atoms. The molecule has 7 N–H and O–H groups in total. The molecule has 1 aliphatic heterocycles. The molecule has 2 heterocycles. The van der Waals surface area contributed by atoms with Crippen molar-refractivity contribution in [1.82, 2.24) is 36.2 Å². The van der Waals surface area contributed by atoms with Crippen molar-refractivity contribution < 1.29 is 23.1 Å². The third-order valence-corrected chi connectivity index (χ3v) is 8.63. The Morgan fingerprint density at radius 1 is 0.952 bits per heavy atom. The number of hydrogen-bond acceptors (Lipinski definition) is 8. The standard InChI is InChI=1S/C29H33N7O5S/c37-26(22-10-13-25-23(18-22)19-33-35-25)34-29(27(38)39,14-4-5-15-30-28-31-16-17-32-28)36-42(40,41)24-11-8-21(9-12-24)20-6-2-1-3-7-20/h1-3,6-13,18-19,28,30-32,36H,4-5,14-17H2,(H,33,35)(H,34,37)(H,38,39). The fourth-order valence-corrected chi connectivity index (χ4v) is 6.16. The van der Waals surface area contributed by atoms with Gasteiger partial charge in [0, 0.05) is 24.0 Å². The maximum Gasteiger partial charge on any atom is 0.345 e. The number of amides is 1. The van der Waals surface area contributed by atoms with Gasteiger partial charge in [0.1, 0.15) is 6.29 Å². The van der Waals surface area contributed by atoms with Crippen LogP contribution in [0.3, 0.4) is 0 Å². The Morgan fingerprint density at radius 3 is 2.38 bits per heavy atom. The first kappa shape index (κ1) is 29.4. The smallest absolute Gasteiger partial charge is 0.345 e. The zero-order valence-corrected chi connectivity index (χ0v) is 23.6. The van der Waals surface area contributed by atoms with Gasteiger partial charge in [0.15, 0.2) is 0 Å². The third-order valence-electron chi connectivity index (χ3n) is 7.12. The molecule has 3 aromatic carbocycles. The number of carbonyl (C=O) groups is 2. The van der Waals surface area contributed by atoms with Gasteiger partial charge in [0.25, 0.3) is 5.91 Å². The minimum Gasteiger partial charge on any atom is -0.478 e. The second kappa shape index (κ2) is 12.8. The zero-order chi connectivity index (χ0) is 29.6. The number of aromatic nitrogens is 2. The second-order valence-corrected chi connectivity index (χ2v) is 11.8. The van der Waals surface area contributed by atoms with Crippen molar-refractivity contribution in [3.05, 3.63) is 84.6 Å². The van der Waals surface area contributed by atoms with Crippen LogP contribution in [0, 0.1) is 0 Å². The van der Waals surface area contributed by atoms with Crippen LogP contribution in [0.1, 0.15) is 29.6 Å². The van der Waals surface area contributed by atoms with Gasteiger partial charge in [0.2, 0.25) is 15.7 Å². The molecule has 1 amide bonds. The van der Waals surface area contributed by atoms with Gasteiger partial charge in [-0.15, -0.1) is 0 Å². The summed E-state index contributed by atoms with van der Waals surface area (Å²) in [7, 11) is -4.37. The largest absolute Gasteiger partial charge is 0.478 e. The molecule has 12 nitrogen and oxygen atoms in total. The van der Waals surface area contributed by atoms with E-state index in [1.54, 1.807) is 30.5 Å². The van der Waals surface area contributed by atoms with Crippen molar-refractivity contribution in [2.24, 2.45) is 0 Å². The molecule has 5 rings (SSSR count). The summed E-state index contributed by atoms with van der Waals surface area (Å²) >= 11 is 0. The van der Waals surface area contributed by atoms with Crippen LogP contribution in [-0.2, 0) is 14.8 Å². The van der Waals surface area contributed by atoms with Crippen LogP contribution in [0.2, 0.25) is 0 Å². The topological polar surface area (TPSA) is 177 Å². The zero-order valence-electron chi connectivity index (χ0n) is 22.8. The molecule has 0 bridgehead atoms. The molecule has 1 unspecified atom stereocenters. The Hall–Kier alpha value is -4.14. The molecule has 4 aromatic rings. The van der Waals surface area contributed by atoms with Crippen molar-refractivity contribution in [3.63, 3.8) is 0 Å². The summed E-state index contributed by atoms with van der Waals surface area (Å²) in [6.45, 7) is 2.23. The van der Waals surface area contributed by atoms with E-state index in [2.05, 4.69) is 36.2 Å². The number of fused-ring (bicyclic) bond motifs is 1. The van der Waals surface area contributed by atoms with Gasteiger partial charge in [0.05, 0.1) is 16.6 Å². The van der Waals surface area contributed by atoms with Crippen LogP contribution in [0.15, 0.2) is 83.9 Å². The molecule has 1 saturated heterocycles. The normalized spacial score (nSPS) is 15.4. The van der Waals surface area contributed by atoms with Crippen molar-refractivity contribution in [3.8, 4) is 11.1 Å². The number of rotatable bonds is 13. The molecule has 0 aliphatic carbocycles. The number of benzene rings is 3. The second-order valence-electron chi connectivity index (χ2n) is 10.1. The lowest BCUT2D eigenvalue weighted by Gasteiger charge is -2.31. The van der Waals surface area contributed by atoms with Crippen molar-refractivity contribution >= 4 is 32.8 Å². The quantitative estimate of drug-likeness (QED) is 0.0905. The molecule has 1 fully saturated rings. The van der Waals surface area contributed by atoms with Gasteiger partial charge in [-0.1, -0.05) is 42.5 Å². The molecular weight excluding hydrogens is 558 g/mol. The van der Waals surface area contributed by atoms with E-state index in [0.717, 1.165) is 24.2 Å². The number of sulfonamides is 1. The van der Waals surface area contributed by atoms with Gasteiger partial charge in [-0.25, -0.2) is 13.2 Å². The lowest BCUT2D eigenvalue weighted by molar-refractivity contribution is -0.145. The first-order valence-electron chi connectivity index (χ1n) is 13.6. The number of nitrogens with zero attached hydrogens (tertiary/aromatic N) is 1. The van der Waals surface area contributed by atoms with Crippen LogP contribution in [-0.4, -0.2) is 67.2 Å². The number of hydrogen-bond donors (Lipinski definition) is 7. The highest BCUT2D eigenvalue weighted by atomic mass is 32.2. The number of aromatic amines is 1. The number of carbonyl (C=O) groups excluding carboxylic acids is 1. The van der Waals surface area contributed by atoms with Crippen molar-refractivity contribution in [2.75, 3.05) is 19.6 Å². The van der Waals surface area contributed by atoms with Gasteiger partial charge >= 0.3 is 5.97 Å². The summed E-state index contributed by atoms with van der Waals surface area (Å²) in [6.07, 6.45) is 2.17. The minimum absolute atomic E-state index is 0.0378. The van der Waals surface area contributed by atoms with Crippen LogP contribution >= 0.6 is 0 Å². The number of H-pyrrole nitrogens is 1. The van der Waals surface area contributed by atoms with E-state index in [0.29, 0.717) is 30.3 Å². The highest BCUT2D eigenvalue weighted by Gasteiger charge is 2.44. The molecular formula is C29H33N7O5S. The lowest BCUT2D eigenvalue weighted by atomic mass is 10.0. The fraction of sp³-hybridized carbons (Fsp3) is 0.276. The minimum atomic E-state index is -4.37. The maximum absolute atomic E-state index is 13.6. The van der Waals surface area contributed by atoms with E-state index in [9.17, 15) is 23.1 Å². The number of aliphatic carboxylic acids is 1. The number of nitrogens with one attached hydrogen (secondary N) is 6. The summed E-state index contributed by atoms with van der Waals surface area (Å²) in [4.78, 5) is 26.0. The fourth-order valence-electron chi connectivity index (χ4n) is 4.85. The highest BCUT2D eigenvalue weighted by Crippen LogP contribution is 2.23. The molecule has 13 heteroatoms. The third kappa shape index (κ3) is 6.83. The first-order valence-corrected chi connectivity index (χ1v) is 15.1. The predicted octanol–water partition coefficient (Wildman–Crippen LogP) is 1.96. The van der Waals surface area contributed by atoms with Crippen LogP contribution in [0.4, 0.5) is 0 Å². The summed E-state index contributed by atoms with van der Waals surface area (Å²) in [5, 5.41) is 30.0. The summed E-state index contributed by atoms with van der Waals surface area (Å²) in [5.74, 6) is -2.25. The van der Waals surface area contributed by atoms with E-state index >= 15 is 0 Å².